The highest BCUT2D eigenvalue weighted by Gasteiger charge is 2.20. The number of non-ortho nitro benzene ring substituents is 1. The van der Waals surface area contributed by atoms with Crippen LogP contribution in [0.15, 0.2) is 36.4 Å². The number of nitro groups is 1. The molecule has 2 rings (SSSR count). The Labute approximate surface area is 149 Å². The van der Waals surface area contributed by atoms with E-state index in [0.29, 0.717) is 16.5 Å². The van der Waals surface area contributed by atoms with Crippen molar-refractivity contribution in [1.29, 1.82) is 0 Å². The molecule has 7 nitrogen and oxygen atoms in total. The molecular formula is C17H17ClN2O5. The standard InChI is InChI=1S/C17H17ClN2O5/c1-10-4-5-12(18)8-14(10)19-17(21)11(2)25-16-9-13(20(22)23)6-7-15(16)24-3/h4-9,11H,1-3H3,(H,19,21)/t11-/m0/s1. The monoisotopic (exact) mass is 364 g/mol. The second kappa shape index (κ2) is 7.85. The van der Waals surface area contributed by atoms with Gasteiger partial charge >= 0.3 is 0 Å². The molecule has 0 saturated carbocycles. The van der Waals surface area contributed by atoms with Crippen molar-refractivity contribution in [3.63, 3.8) is 0 Å². The SMILES string of the molecule is COc1ccc([N+](=O)[O-])cc1O[C@@H](C)C(=O)Nc1cc(Cl)ccc1C. The fraction of sp³-hybridized carbons (Fsp3) is 0.235. The van der Waals surface area contributed by atoms with E-state index in [0.717, 1.165) is 5.56 Å². The van der Waals surface area contributed by atoms with Gasteiger partial charge in [-0.15, -0.1) is 0 Å². The molecule has 8 heteroatoms. The highest BCUT2D eigenvalue weighted by Crippen LogP contribution is 2.32. The Morgan fingerprint density at radius 2 is 1.96 bits per heavy atom. The van der Waals surface area contributed by atoms with E-state index in [1.165, 1.54) is 32.2 Å². The highest BCUT2D eigenvalue weighted by molar-refractivity contribution is 6.31. The number of hydrogen-bond acceptors (Lipinski definition) is 5. The molecule has 0 spiro atoms. The lowest BCUT2D eigenvalue weighted by atomic mass is 10.2. The van der Waals surface area contributed by atoms with Gasteiger partial charge < -0.3 is 14.8 Å². The van der Waals surface area contributed by atoms with Crippen molar-refractivity contribution in [3.8, 4) is 11.5 Å². The van der Waals surface area contributed by atoms with Crippen LogP contribution in [0.1, 0.15) is 12.5 Å². The number of anilines is 1. The van der Waals surface area contributed by atoms with Gasteiger partial charge in [0.25, 0.3) is 11.6 Å². The Bertz CT molecular complexity index is 810. The van der Waals surface area contributed by atoms with Gasteiger partial charge in [0.2, 0.25) is 0 Å². The van der Waals surface area contributed by atoms with Crippen LogP contribution in [-0.2, 0) is 4.79 Å². The van der Waals surface area contributed by atoms with Crippen LogP contribution in [0.25, 0.3) is 0 Å². The van der Waals surface area contributed by atoms with Gasteiger partial charge in [-0.3, -0.25) is 14.9 Å². The zero-order chi connectivity index (χ0) is 18.6. The van der Waals surface area contributed by atoms with Crippen molar-refractivity contribution in [2.24, 2.45) is 0 Å². The van der Waals surface area contributed by atoms with Crippen LogP contribution in [-0.4, -0.2) is 24.0 Å². The number of ether oxygens (including phenoxy) is 2. The molecule has 0 radical (unpaired) electrons. The van der Waals surface area contributed by atoms with E-state index >= 15 is 0 Å². The van der Waals surface area contributed by atoms with Crippen LogP contribution in [0.4, 0.5) is 11.4 Å². The topological polar surface area (TPSA) is 90.7 Å². The van der Waals surface area contributed by atoms with Gasteiger partial charge in [0.1, 0.15) is 0 Å². The van der Waals surface area contributed by atoms with E-state index in [4.69, 9.17) is 21.1 Å². The van der Waals surface area contributed by atoms with Gasteiger partial charge in [0.15, 0.2) is 17.6 Å². The minimum atomic E-state index is -0.908. The Kier molecular flexibility index (Phi) is 5.82. The number of aryl methyl sites for hydroxylation is 1. The normalized spacial score (nSPS) is 11.5. The summed E-state index contributed by atoms with van der Waals surface area (Å²) in [6.07, 6.45) is -0.908. The second-order valence-electron chi connectivity index (χ2n) is 5.30. The first-order valence-electron chi connectivity index (χ1n) is 7.38. The van der Waals surface area contributed by atoms with Gasteiger partial charge in [-0.1, -0.05) is 17.7 Å². The first-order valence-corrected chi connectivity index (χ1v) is 7.75. The van der Waals surface area contributed by atoms with Crippen LogP contribution in [0.5, 0.6) is 11.5 Å². The molecule has 0 aliphatic carbocycles. The molecule has 1 N–H and O–H groups in total. The Morgan fingerprint density at radius 1 is 1.24 bits per heavy atom. The van der Waals surface area contributed by atoms with Gasteiger partial charge in [0, 0.05) is 16.8 Å². The largest absolute Gasteiger partial charge is 0.493 e. The smallest absolute Gasteiger partial charge is 0.273 e. The minimum absolute atomic E-state index is 0.113. The van der Waals surface area contributed by atoms with Crippen LogP contribution >= 0.6 is 11.6 Å². The first-order chi connectivity index (χ1) is 11.8. The van der Waals surface area contributed by atoms with Crippen LogP contribution < -0.4 is 14.8 Å². The molecule has 0 unspecified atom stereocenters. The maximum absolute atomic E-state index is 12.3. The fourth-order valence-corrected chi connectivity index (χ4v) is 2.25. The van der Waals surface area contributed by atoms with Crippen molar-refractivity contribution >= 4 is 28.9 Å². The Morgan fingerprint density at radius 3 is 2.60 bits per heavy atom. The average molecular weight is 365 g/mol. The van der Waals surface area contributed by atoms with Crippen molar-refractivity contribution < 1.29 is 19.2 Å². The molecule has 0 bridgehead atoms. The number of carbonyl (C=O) groups excluding carboxylic acids is 1. The maximum Gasteiger partial charge on any atom is 0.273 e. The minimum Gasteiger partial charge on any atom is -0.493 e. The molecule has 0 aromatic heterocycles. The predicted octanol–water partition coefficient (Wildman–Crippen LogP) is 3.97. The van der Waals surface area contributed by atoms with Crippen LogP contribution in [0, 0.1) is 17.0 Å². The van der Waals surface area contributed by atoms with E-state index in [2.05, 4.69) is 5.32 Å². The molecule has 25 heavy (non-hydrogen) atoms. The zero-order valence-electron chi connectivity index (χ0n) is 13.9. The van der Waals surface area contributed by atoms with Crippen LogP contribution in [0.3, 0.4) is 0 Å². The summed E-state index contributed by atoms with van der Waals surface area (Å²) in [5, 5.41) is 14.1. The molecule has 1 atom stereocenters. The van der Waals surface area contributed by atoms with Gasteiger partial charge in [-0.25, -0.2) is 0 Å². The molecule has 0 aliphatic rings. The number of amides is 1. The molecule has 1 amide bonds. The summed E-state index contributed by atoms with van der Waals surface area (Å²) in [5.74, 6) is -0.00900. The third-order valence-electron chi connectivity index (χ3n) is 3.49. The molecule has 2 aromatic rings. The molecule has 0 aliphatic heterocycles. The third-order valence-corrected chi connectivity index (χ3v) is 3.72. The van der Waals surface area contributed by atoms with Crippen LogP contribution in [0.2, 0.25) is 5.02 Å². The summed E-state index contributed by atoms with van der Waals surface area (Å²) in [4.78, 5) is 22.7. The van der Waals surface area contributed by atoms with E-state index < -0.39 is 16.9 Å². The number of methoxy groups -OCH3 is 1. The summed E-state index contributed by atoms with van der Waals surface area (Å²) in [6.45, 7) is 3.37. The molecule has 0 heterocycles. The lowest BCUT2D eigenvalue weighted by Gasteiger charge is -2.17. The summed E-state index contributed by atoms with van der Waals surface area (Å²) in [7, 11) is 1.41. The number of nitrogens with one attached hydrogen (secondary N) is 1. The van der Waals surface area contributed by atoms with E-state index in [1.54, 1.807) is 18.2 Å². The number of rotatable bonds is 6. The van der Waals surface area contributed by atoms with E-state index in [1.807, 2.05) is 6.92 Å². The maximum atomic E-state index is 12.3. The van der Waals surface area contributed by atoms with Gasteiger partial charge in [-0.05, 0) is 37.6 Å². The molecule has 0 saturated heterocycles. The number of nitrogens with zero attached hydrogens (tertiary/aromatic N) is 1. The predicted molar refractivity (Wildman–Crippen MR) is 94.6 cm³/mol. The second-order valence-corrected chi connectivity index (χ2v) is 5.74. The zero-order valence-corrected chi connectivity index (χ0v) is 14.7. The van der Waals surface area contributed by atoms with Gasteiger partial charge in [-0.2, -0.15) is 0 Å². The Hall–Kier alpha value is -2.80. The Balaban J connectivity index is 2.17. The average Bonchev–Trinajstić information content (AvgIpc) is 2.57. The molecule has 132 valence electrons. The van der Waals surface area contributed by atoms with E-state index in [-0.39, 0.29) is 11.4 Å². The third kappa shape index (κ3) is 4.60. The lowest BCUT2D eigenvalue weighted by Crippen LogP contribution is -2.30. The number of benzene rings is 2. The van der Waals surface area contributed by atoms with Gasteiger partial charge in [0.05, 0.1) is 18.1 Å². The summed E-state index contributed by atoms with van der Waals surface area (Å²) in [5.41, 5.74) is 1.26. The number of hydrogen-bond donors (Lipinski definition) is 1. The first kappa shape index (κ1) is 18.5. The number of halogens is 1. The summed E-state index contributed by atoms with van der Waals surface area (Å²) < 4.78 is 10.7. The van der Waals surface area contributed by atoms with Crippen molar-refractivity contribution in [2.75, 3.05) is 12.4 Å². The molecule has 2 aromatic carbocycles. The molecular weight excluding hydrogens is 348 g/mol. The van der Waals surface area contributed by atoms with Crippen molar-refractivity contribution in [3.05, 3.63) is 57.1 Å². The fourth-order valence-electron chi connectivity index (χ4n) is 2.08. The summed E-state index contributed by atoms with van der Waals surface area (Å²) >= 11 is 5.93. The highest BCUT2D eigenvalue weighted by atomic mass is 35.5. The number of carbonyl (C=O) groups is 1. The molecule has 0 fully saturated rings. The lowest BCUT2D eigenvalue weighted by molar-refractivity contribution is -0.385. The van der Waals surface area contributed by atoms with E-state index in [9.17, 15) is 14.9 Å². The summed E-state index contributed by atoms with van der Waals surface area (Å²) in [6, 6.07) is 9.07. The van der Waals surface area contributed by atoms with Crippen molar-refractivity contribution in [1.82, 2.24) is 0 Å². The van der Waals surface area contributed by atoms with Crippen molar-refractivity contribution in [2.45, 2.75) is 20.0 Å². The quantitative estimate of drug-likeness (QED) is 0.618. The number of nitro benzene ring substituents is 1.